The minimum atomic E-state index is 0.187. The topological polar surface area (TPSA) is 12.0 Å². The first-order valence-electron chi connectivity index (χ1n) is 8.33. The maximum absolute atomic E-state index is 5.99. The highest BCUT2D eigenvalue weighted by atomic mass is 35.5. The van der Waals surface area contributed by atoms with Crippen LogP contribution in [0.3, 0.4) is 0 Å². The van der Waals surface area contributed by atoms with Gasteiger partial charge in [-0.05, 0) is 69.7 Å². The van der Waals surface area contributed by atoms with Crippen LogP contribution in [0, 0.1) is 11.8 Å². The Morgan fingerprint density at radius 2 is 1.57 bits per heavy atom. The van der Waals surface area contributed by atoms with Crippen LogP contribution in [0.5, 0.6) is 0 Å². The highest BCUT2D eigenvalue weighted by Gasteiger charge is 2.18. The van der Waals surface area contributed by atoms with Gasteiger partial charge in [0, 0.05) is 10.6 Å². The minimum Gasteiger partial charge on any atom is -0.312 e. The molecule has 0 heterocycles. The molecule has 1 N–H and O–H groups in total. The fourth-order valence-corrected chi connectivity index (χ4v) is 2.86. The third-order valence-corrected chi connectivity index (χ3v) is 4.43. The molecule has 0 aromatic heterocycles. The van der Waals surface area contributed by atoms with E-state index in [9.17, 15) is 0 Å². The molecule has 0 spiro atoms. The molecule has 1 rings (SSSR count). The maximum Gasteiger partial charge on any atom is 0.0406 e. The van der Waals surface area contributed by atoms with Gasteiger partial charge in [0.05, 0.1) is 0 Å². The van der Waals surface area contributed by atoms with Crippen molar-refractivity contribution in [2.45, 2.75) is 65.8 Å². The summed E-state index contributed by atoms with van der Waals surface area (Å²) in [5.41, 5.74) is 1.58. The average Bonchev–Trinajstić information content (AvgIpc) is 2.43. The lowest BCUT2D eigenvalue weighted by Crippen LogP contribution is -2.40. The second-order valence-corrected chi connectivity index (χ2v) is 7.68. The molecule has 0 saturated heterocycles. The quantitative estimate of drug-likeness (QED) is 0.648. The van der Waals surface area contributed by atoms with E-state index >= 15 is 0 Å². The van der Waals surface area contributed by atoms with Gasteiger partial charge in [0.1, 0.15) is 0 Å². The fourth-order valence-electron chi connectivity index (χ4n) is 2.74. The lowest BCUT2D eigenvalue weighted by Gasteiger charge is -2.27. The molecule has 0 aliphatic carbocycles. The molecule has 0 aliphatic heterocycles. The summed E-state index contributed by atoms with van der Waals surface area (Å²) in [5.74, 6) is 1.53. The van der Waals surface area contributed by atoms with Crippen molar-refractivity contribution >= 4 is 11.6 Å². The van der Waals surface area contributed by atoms with Crippen molar-refractivity contribution in [2.24, 2.45) is 11.8 Å². The summed E-state index contributed by atoms with van der Waals surface area (Å²) in [4.78, 5) is 0. The summed E-state index contributed by atoms with van der Waals surface area (Å²) >= 11 is 5.99. The smallest absolute Gasteiger partial charge is 0.0406 e. The van der Waals surface area contributed by atoms with Gasteiger partial charge in [0.25, 0.3) is 0 Å². The van der Waals surface area contributed by atoms with Gasteiger partial charge in [-0.2, -0.15) is 0 Å². The third-order valence-electron chi connectivity index (χ3n) is 4.18. The van der Waals surface area contributed by atoms with E-state index in [2.05, 4.69) is 52.1 Å². The van der Waals surface area contributed by atoms with Gasteiger partial charge < -0.3 is 5.32 Å². The number of nitrogens with one attached hydrogen (secondary N) is 1. The standard InChI is InChI=1S/C19H32ClN/c1-6-15(7-2)12-17(14-21-19(3,4)5)13-16-8-10-18(20)11-9-16/h8-11,15,17,21H,6-7,12-14H2,1-5H3. The maximum atomic E-state index is 5.99. The monoisotopic (exact) mass is 309 g/mol. The van der Waals surface area contributed by atoms with E-state index in [0.29, 0.717) is 5.92 Å². The summed E-state index contributed by atoms with van der Waals surface area (Å²) in [6.07, 6.45) is 5.00. The molecule has 1 unspecified atom stereocenters. The summed E-state index contributed by atoms with van der Waals surface area (Å²) in [7, 11) is 0. The molecule has 0 aliphatic rings. The zero-order valence-corrected chi connectivity index (χ0v) is 15.1. The van der Waals surface area contributed by atoms with Crippen LogP contribution in [0.2, 0.25) is 5.02 Å². The predicted octanol–water partition coefficient (Wildman–Crippen LogP) is 5.71. The summed E-state index contributed by atoms with van der Waals surface area (Å²) < 4.78 is 0. The Kier molecular flexibility index (Phi) is 7.76. The Bertz CT molecular complexity index is 387. The van der Waals surface area contributed by atoms with E-state index in [1.807, 2.05) is 12.1 Å². The first kappa shape index (κ1) is 18.5. The van der Waals surface area contributed by atoms with E-state index < -0.39 is 0 Å². The molecule has 1 aromatic rings. The molecule has 1 atom stereocenters. The van der Waals surface area contributed by atoms with Gasteiger partial charge in [-0.1, -0.05) is 50.4 Å². The zero-order chi connectivity index (χ0) is 15.9. The normalized spacial score (nSPS) is 13.7. The first-order chi connectivity index (χ1) is 9.84. The fraction of sp³-hybridized carbons (Fsp3) is 0.684. The SMILES string of the molecule is CCC(CC)CC(CNC(C)(C)C)Cc1ccc(Cl)cc1. The van der Waals surface area contributed by atoms with Gasteiger partial charge in [-0.15, -0.1) is 0 Å². The van der Waals surface area contributed by atoms with Crippen molar-refractivity contribution in [3.8, 4) is 0 Å². The van der Waals surface area contributed by atoms with E-state index in [1.54, 1.807) is 0 Å². The number of hydrogen-bond acceptors (Lipinski definition) is 1. The molecule has 2 heteroatoms. The third kappa shape index (κ3) is 7.87. The second-order valence-electron chi connectivity index (χ2n) is 7.25. The molecule has 0 fully saturated rings. The van der Waals surface area contributed by atoms with Crippen LogP contribution in [-0.2, 0) is 6.42 Å². The predicted molar refractivity (Wildman–Crippen MR) is 95.1 cm³/mol. The Labute approximate surface area is 136 Å². The summed E-state index contributed by atoms with van der Waals surface area (Å²) in [5, 5.41) is 4.50. The van der Waals surface area contributed by atoms with Crippen molar-refractivity contribution < 1.29 is 0 Å². The van der Waals surface area contributed by atoms with Gasteiger partial charge in [0.2, 0.25) is 0 Å². The Morgan fingerprint density at radius 3 is 2.05 bits per heavy atom. The van der Waals surface area contributed by atoms with Crippen LogP contribution in [0.25, 0.3) is 0 Å². The van der Waals surface area contributed by atoms with Crippen LogP contribution < -0.4 is 5.32 Å². The average molecular weight is 310 g/mol. The number of benzene rings is 1. The van der Waals surface area contributed by atoms with Crippen LogP contribution in [0.1, 0.15) is 59.4 Å². The highest BCUT2D eigenvalue weighted by Crippen LogP contribution is 2.23. The van der Waals surface area contributed by atoms with Gasteiger partial charge in [-0.25, -0.2) is 0 Å². The van der Waals surface area contributed by atoms with E-state index in [4.69, 9.17) is 11.6 Å². The number of rotatable bonds is 8. The minimum absolute atomic E-state index is 0.187. The molecule has 0 amide bonds. The molecule has 120 valence electrons. The molecule has 21 heavy (non-hydrogen) atoms. The van der Waals surface area contributed by atoms with Crippen LogP contribution in [0.4, 0.5) is 0 Å². The Balaban J connectivity index is 2.68. The first-order valence-corrected chi connectivity index (χ1v) is 8.71. The van der Waals surface area contributed by atoms with Crippen molar-refractivity contribution in [1.82, 2.24) is 5.32 Å². The lowest BCUT2D eigenvalue weighted by molar-refractivity contribution is 0.306. The van der Waals surface area contributed by atoms with Crippen molar-refractivity contribution in [3.05, 3.63) is 34.9 Å². The van der Waals surface area contributed by atoms with Crippen molar-refractivity contribution in [3.63, 3.8) is 0 Å². The lowest BCUT2D eigenvalue weighted by atomic mass is 9.86. The van der Waals surface area contributed by atoms with Gasteiger partial charge in [0.15, 0.2) is 0 Å². The molecule has 0 saturated carbocycles. The molecule has 0 bridgehead atoms. The number of halogens is 1. The molecular weight excluding hydrogens is 278 g/mol. The van der Waals surface area contributed by atoms with Crippen LogP contribution >= 0.6 is 11.6 Å². The molecule has 1 nitrogen and oxygen atoms in total. The Morgan fingerprint density at radius 1 is 1.00 bits per heavy atom. The summed E-state index contributed by atoms with van der Waals surface area (Å²) in [6, 6.07) is 8.34. The number of hydrogen-bond donors (Lipinski definition) is 1. The summed E-state index contributed by atoms with van der Waals surface area (Å²) in [6.45, 7) is 12.4. The van der Waals surface area contributed by atoms with Gasteiger partial charge >= 0.3 is 0 Å². The van der Waals surface area contributed by atoms with Crippen LogP contribution in [0.15, 0.2) is 24.3 Å². The van der Waals surface area contributed by atoms with Gasteiger partial charge in [-0.3, -0.25) is 0 Å². The van der Waals surface area contributed by atoms with Crippen molar-refractivity contribution in [2.75, 3.05) is 6.54 Å². The Hall–Kier alpha value is -0.530. The largest absolute Gasteiger partial charge is 0.312 e. The van der Waals surface area contributed by atoms with E-state index in [1.165, 1.54) is 24.8 Å². The molecular formula is C19H32ClN. The molecule has 1 aromatic carbocycles. The zero-order valence-electron chi connectivity index (χ0n) is 14.4. The van der Waals surface area contributed by atoms with E-state index in [0.717, 1.165) is 23.9 Å². The van der Waals surface area contributed by atoms with E-state index in [-0.39, 0.29) is 5.54 Å². The second kappa shape index (κ2) is 8.80. The van der Waals surface area contributed by atoms with Crippen LogP contribution in [-0.4, -0.2) is 12.1 Å². The highest BCUT2D eigenvalue weighted by molar-refractivity contribution is 6.30. The molecule has 0 radical (unpaired) electrons. The van der Waals surface area contributed by atoms with Crippen molar-refractivity contribution in [1.29, 1.82) is 0 Å².